The first-order valence-electron chi connectivity index (χ1n) is 5.80. The maximum atomic E-state index is 11.7. The van der Waals surface area contributed by atoms with Crippen LogP contribution in [-0.4, -0.2) is 28.0 Å². The monoisotopic (exact) mass is 245 g/mol. The first-order chi connectivity index (χ1) is 8.63. The standard InChI is InChI=1S/C13H15N3O2/c1-4-18-9(2)14-13-15-11-7-5-6-8-12(11)16(13)10(3)17/h5-8H,4H2,1-3H3/b14-9+. The number of benzene rings is 1. The van der Waals surface area contributed by atoms with Gasteiger partial charge in [-0.25, -0.2) is 9.55 Å². The van der Waals surface area contributed by atoms with E-state index in [1.165, 1.54) is 11.5 Å². The molecule has 0 N–H and O–H groups in total. The van der Waals surface area contributed by atoms with Crippen LogP contribution in [0.15, 0.2) is 29.3 Å². The third-order valence-electron chi connectivity index (χ3n) is 2.47. The molecular formula is C13H15N3O2. The van der Waals surface area contributed by atoms with Crippen LogP contribution in [0, 0.1) is 0 Å². The fraction of sp³-hybridized carbons (Fsp3) is 0.308. The van der Waals surface area contributed by atoms with Gasteiger partial charge in [0.15, 0.2) is 5.90 Å². The van der Waals surface area contributed by atoms with Crippen LogP contribution in [0.1, 0.15) is 25.6 Å². The predicted octanol–water partition coefficient (Wildman–Crippen LogP) is 2.78. The van der Waals surface area contributed by atoms with Crippen molar-refractivity contribution in [3.8, 4) is 0 Å². The molecule has 0 aliphatic rings. The van der Waals surface area contributed by atoms with Crippen molar-refractivity contribution in [2.24, 2.45) is 4.99 Å². The van der Waals surface area contributed by atoms with Gasteiger partial charge in [-0.05, 0) is 19.1 Å². The van der Waals surface area contributed by atoms with E-state index < -0.39 is 0 Å². The van der Waals surface area contributed by atoms with Gasteiger partial charge < -0.3 is 4.74 Å². The topological polar surface area (TPSA) is 56.5 Å². The lowest BCUT2D eigenvalue weighted by molar-refractivity contribution is 0.0943. The third kappa shape index (κ3) is 2.25. The molecule has 0 atom stereocenters. The summed E-state index contributed by atoms with van der Waals surface area (Å²) in [6, 6.07) is 7.44. The van der Waals surface area contributed by atoms with Gasteiger partial charge >= 0.3 is 0 Å². The number of imidazole rings is 1. The molecule has 1 aromatic heterocycles. The second kappa shape index (κ2) is 5.00. The smallest absolute Gasteiger partial charge is 0.240 e. The molecule has 0 bridgehead atoms. The Labute approximate surface area is 105 Å². The zero-order chi connectivity index (χ0) is 13.1. The van der Waals surface area contributed by atoms with Crippen LogP contribution in [0.3, 0.4) is 0 Å². The van der Waals surface area contributed by atoms with Crippen LogP contribution in [0.2, 0.25) is 0 Å². The fourth-order valence-corrected chi connectivity index (χ4v) is 1.78. The Morgan fingerprint density at radius 2 is 2.11 bits per heavy atom. The lowest BCUT2D eigenvalue weighted by Crippen LogP contribution is -2.06. The van der Waals surface area contributed by atoms with E-state index in [1.54, 1.807) is 6.92 Å². The number of fused-ring (bicyclic) bond motifs is 1. The van der Waals surface area contributed by atoms with E-state index in [0.717, 1.165) is 11.0 Å². The summed E-state index contributed by atoms with van der Waals surface area (Å²) in [7, 11) is 0. The van der Waals surface area contributed by atoms with Crippen molar-refractivity contribution in [2.75, 3.05) is 6.61 Å². The summed E-state index contributed by atoms with van der Waals surface area (Å²) in [6.45, 7) is 5.65. The molecule has 5 heteroatoms. The summed E-state index contributed by atoms with van der Waals surface area (Å²) in [5.74, 6) is 0.733. The maximum absolute atomic E-state index is 11.7. The normalized spacial score (nSPS) is 11.8. The molecule has 18 heavy (non-hydrogen) atoms. The molecule has 2 rings (SSSR count). The van der Waals surface area contributed by atoms with Gasteiger partial charge in [0, 0.05) is 13.8 Å². The second-order valence-electron chi connectivity index (χ2n) is 3.82. The largest absolute Gasteiger partial charge is 0.481 e. The highest BCUT2D eigenvalue weighted by Gasteiger charge is 2.13. The van der Waals surface area contributed by atoms with Crippen LogP contribution in [-0.2, 0) is 4.74 Å². The molecule has 0 fully saturated rings. The van der Waals surface area contributed by atoms with E-state index in [9.17, 15) is 4.79 Å². The summed E-state index contributed by atoms with van der Waals surface area (Å²) in [5, 5.41) is 0. The average molecular weight is 245 g/mol. The van der Waals surface area contributed by atoms with E-state index >= 15 is 0 Å². The number of para-hydroxylation sites is 2. The lowest BCUT2D eigenvalue weighted by Gasteiger charge is -2.03. The molecule has 5 nitrogen and oxygen atoms in total. The van der Waals surface area contributed by atoms with Crippen molar-refractivity contribution in [2.45, 2.75) is 20.8 Å². The van der Waals surface area contributed by atoms with Crippen LogP contribution in [0.25, 0.3) is 11.0 Å². The van der Waals surface area contributed by atoms with Crippen molar-refractivity contribution in [3.63, 3.8) is 0 Å². The van der Waals surface area contributed by atoms with Gasteiger partial charge in [0.1, 0.15) is 0 Å². The molecule has 0 radical (unpaired) electrons. The Hall–Kier alpha value is -2.17. The molecule has 0 amide bonds. The van der Waals surface area contributed by atoms with Crippen LogP contribution in [0.5, 0.6) is 0 Å². The number of aliphatic imine (C=N–C) groups is 1. The Kier molecular flexibility index (Phi) is 3.41. The minimum atomic E-state index is -0.119. The highest BCUT2D eigenvalue weighted by atomic mass is 16.5. The summed E-state index contributed by atoms with van der Waals surface area (Å²) in [4.78, 5) is 20.3. The van der Waals surface area contributed by atoms with Gasteiger partial charge in [-0.2, -0.15) is 4.99 Å². The Bertz CT molecular complexity index is 614. The van der Waals surface area contributed by atoms with Crippen molar-refractivity contribution < 1.29 is 9.53 Å². The van der Waals surface area contributed by atoms with Crippen molar-refractivity contribution in [1.82, 2.24) is 9.55 Å². The summed E-state index contributed by atoms with van der Waals surface area (Å²) in [5.41, 5.74) is 1.50. The fourth-order valence-electron chi connectivity index (χ4n) is 1.78. The van der Waals surface area contributed by atoms with Crippen LogP contribution < -0.4 is 0 Å². The molecule has 0 saturated carbocycles. The van der Waals surface area contributed by atoms with Gasteiger partial charge in [0.2, 0.25) is 11.9 Å². The summed E-state index contributed by atoms with van der Waals surface area (Å²) < 4.78 is 6.75. The number of ether oxygens (including phenoxy) is 1. The SMILES string of the molecule is CCO/C(C)=N/c1nc2ccccc2n1C(C)=O. The number of aromatic nitrogens is 2. The molecule has 0 aliphatic heterocycles. The molecular weight excluding hydrogens is 230 g/mol. The molecule has 1 heterocycles. The zero-order valence-corrected chi connectivity index (χ0v) is 10.7. The number of carbonyl (C=O) groups excluding carboxylic acids is 1. The minimum absolute atomic E-state index is 0.119. The van der Waals surface area contributed by atoms with E-state index in [4.69, 9.17) is 4.74 Å². The lowest BCUT2D eigenvalue weighted by atomic mass is 10.3. The number of carbonyl (C=O) groups is 1. The Balaban J connectivity index is 2.59. The van der Waals surface area contributed by atoms with E-state index in [2.05, 4.69) is 9.98 Å². The molecule has 0 spiro atoms. The Morgan fingerprint density at radius 3 is 2.78 bits per heavy atom. The predicted molar refractivity (Wildman–Crippen MR) is 70.4 cm³/mol. The summed E-state index contributed by atoms with van der Waals surface area (Å²) in [6.07, 6.45) is 0. The van der Waals surface area contributed by atoms with E-state index in [0.29, 0.717) is 18.5 Å². The molecule has 94 valence electrons. The van der Waals surface area contributed by atoms with Crippen LogP contribution >= 0.6 is 0 Å². The molecule has 0 saturated heterocycles. The zero-order valence-electron chi connectivity index (χ0n) is 10.7. The molecule has 0 unspecified atom stereocenters. The van der Waals surface area contributed by atoms with Crippen molar-refractivity contribution >= 4 is 28.8 Å². The number of rotatable bonds is 2. The van der Waals surface area contributed by atoms with Gasteiger partial charge in [-0.15, -0.1) is 0 Å². The molecule has 1 aromatic carbocycles. The minimum Gasteiger partial charge on any atom is -0.481 e. The maximum Gasteiger partial charge on any atom is 0.240 e. The summed E-state index contributed by atoms with van der Waals surface area (Å²) >= 11 is 0. The highest BCUT2D eigenvalue weighted by molar-refractivity contribution is 5.93. The average Bonchev–Trinajstić information content (AvgIpc) is 2.66. The van der Waals surface area contributed by atoms with Crippen LogP contribution in [0.4, 0.5) is 5.95 Å². The first-order valence-corrected chi connectivity index (χ1v) is 5.80. The third-order valence-corrected chi connectivity index (χ3v) is 2.47. The molecule has 2 aromatic rings. The van der Waals surface area contributed by atoms with Gasteiger partial charge in [-0.1, -0.05) is 12.1 Å². The van der Waals surface area contributed by atoms with Crippen molar-refractivity contribution in [1.29, 1.82) is 0 Å². The number of hydrogen-bond acceptors (Lipinski definition) is 4. The van der Waals surface area contributed by atoms with E-state index in [1.807, 2.05) is 31.2 Å². The van der Waals surface area contributed by atoms with Crippen molar-refractivity contribution in [3.05, 3.63) is 24.3 Å². The number of hydrogen-bond donors (Lipinski definition) is 0. The second-order valence-corrected chi connectivity index (χ2v) is 3.82. The Morgan fingerprint density at radius 1 is 1.39 bits per heavy atom. The highest BCUT2D eigenvalue weighted by Crippen LogP contribution is 2.21. The first kappa shape index (κ1) is 12.3. The van der Waals surface area contributed by atoms with E-state index in [-0.39, 0.29) is 5.91 Å². The number of nitrogens with zero attached hydrogens (tertiary/aromatic N) is 3. The molecule has 0 aliphatic carbocycles. The van der Waals surface area contributed by atoms with Gasteiger partial charge in [0.25, 0.3) is 0 Å². The quantitative estimate of drug-likeness (QED) is 0.603. The van der Waals surface area contributed by atoms with Gasteiger partial charge in [-0.3, -0.25) is 4.79 Å². The van der Waals surface area contributed by atoms with Gasteiger partial charge in [0.05, 0.1) is 17.6 Å².